The predicted molar refractivity (Wildman–Crippen MR) is 114 cm³/mol. The third-order valence-electron chi connectivity index (χ3n) is 5.42. The van der Waals surface area contributed by atoms with Gasteiger partial charge in [0.25, 0.3) is 15.9 Å². The summed E-state index contributed by atoms with van der Waals surface area (Å²) in [5.74, 6) is -4.03. The van der Waals surface area contributed by atoms with Crippen molar-refractivity contribution in [2.75, 3.05) is 4.72 Å². The lowest BCUT2D eigenvalue weighted by atomic mass is 9.85. The van der Waals surface area contributed by atoms with E-state index < -0.39 is 21.5 Å². The molecule has 0 amide bonds. The van der Waals surface area contributed by atoms with Gasteiger partial charge in [-0.15, -0.1) is 0 Å². The summed E-state index contributed by atoms with van der Waals surface area (Å²) >= 11 is 0. The summed E-state index contributed by atoms with van der Waals surface area (Å²) in [6.45, 7) is 4.35. The third kappa shape index (κ3) is 4.61. The Hall–Kier alpha value is -2.54. The molecule has 0 radical (unpaired) electrons. The maximum Gasteiger partial charge on any atom is 0.271 e. The van der Waals surface area contributed by atoms with Crippen LogP contribution in [0.3, 0.4) is 0 Å². The predicted octanol–water partition coefficient (Wildman–Crippen LogP) is 5.24. The molecule has 4 nitrogen and oxygen atoms in total. The molecule has 0 bridgehead atoms. The van der Waals surface area contributed by atoms with E-state index in [1.807, 2.05) is 19.1 Å². The molecule has 1 aliphatic rings. The Balaban J connectivity index is 2.10. The molecular formula is C23H25F2NO3S. The van der Waals surface area contributed by atoms with E-state index in [0.29, 0.717) is 30.5 Å². The molecular weight excluding hydrogens is 408 g/mol. The number of hydrogen-bond acceptors (Lipinski definition) is 3. The molecule has 0 saturated carbocycles. The van der Waals surface area contributed by atoms with Gasteiger partial charge in [-0.1, -0.05) is 38.1 Å². The number of anilines is 1. The lowest BCUT2D eigenvalue weighted by Crippen LogP contribution is -2.21. The first-order valence-electron chi connectivity index (χ1n) is 9.90. The van der Waals surface area contributed by atoms with Crippen molar-refractivity contribution < 1.29 is 22.0 Å². The van der Waals surface area contributed by atoms with Crippen LogP contribution in [-0.4, -0.2) is 20.1 Å². The van der Waals surface area contributed by atoms with Crippen molar-refractivity contribution in [2.24, 2.45) is 5.92 Å². The van der Waals surface area contributed by atoms with Crippen LogP contribution in [0.1, 0.15) is 43.9 Å². The highest BCUT2D eigenvalue weighted by atomic mass is 32.2. The van der Waals surface area contributed by atoms with E-state index >= 15 is 0 Å². The Morgan fingerprint density at radius 2 is 1.87 bits per heavy atom. The molecule has 2 aromatic rings. The first-order chi connectivity index (χ1) is 14.0. The Morgan fingerprint density at radius 3 is 2.53 bits per heavy atom. The zero-order chi connectivity index (χ0) is 22.1. The highest BCUT2D eigenvalue weighted by molar-refractivity contribution is 7.92. The lowest BCUT2D eigenvalue weighted by Gasteiger charge is -2.23. The number of nitrogens with one attached hydrogen (secondary N) is 1. The zero-order valence-corrected chi connectivity index (χ0v) is 18.0. The van der Waals surface area contributed by atoms with Gasteiger partial charge in [0.1, 0.15) is 0 Å². The second kappa shape index (κ2) is 8.30. The third-order valence-corrected chi connectivity index (χ3v) is 6.78. The van der Waals surface area contributed by atoms with Crippen molar-refractivity contribution in [2.45, 2.75) is 50.9 Å². The minimum atomic E-state index is -4.00. The summed E-state index contributed by atoms with van der Waals surface area (Å²) in [7, 11) is -4.00. The van der Waals surface area contributed by atoms with Crippen LogP contribution >= 0.6 is 0 Å². The van der Waals surface area contributed by atoms with Gasteiger partial charge >= 0.3 is 0 Å². The number of carbonyl (C=O) groups is 1. The van der Waals surface area contributed by atoms with Gasteiger partial charge in [-0.3, -0.25) is 9.52 Å². The number of hydrogen-bond donors (Lipinski definition) is 1. The van der Waals surface area contributed by atoms with Gasteiger partial charge in [0.05, 0.1) is 10.6 Å². The fourth-order valence-corrected chi connectivity index (χ4v) is 4.69. The molecule has 0 spiro atoms. The molecule has 1 aliphatic carbocycles. The fraction of sp³-hybridized carbons (Fsp3) is 0.348. The maximum absolute atomic E-state index is 14.4. The van der Waals surface area contributed by atoms with Crippen LogP contribution in [0, 0.1) is 5.92 Å². The van der Waals surface area contributed by atoms with E-state index in [9.17, 15) is 22.0 Å². The average Bonchev–Trinajstić information content (AvgIpc) is 2.68. The standard InChI is InChI=1S/C23H25F2NO3S/c1-4-16-7-5-6-8-21(16)26-30(28,29)18-12-11-17-10-9-15(2)22(27)14-20(19(17)13-18)23(3,24)25/h5-8,11-15,26H,4,9-10H2,1-3H3/b20-14+. The van der Waals surface area contributed by atoms with E-state index in [1.54, 1.807) is 25.1 Å². The van der Waals surface area contributed by atoms with Crippen molar-refractivity contribution in [3.05, 3.63) is 65.2 Å². The van der Waals surface area contributed by atoms with Crippen LogP contribution < -0.4 is 4.72 Å². The minimum absolute atomic E-state index is 0.106. The van der Waals surface area contributed by atoms with E-state index in [2.05, 4.69) is 4.72 Å². The Labute approximate surface area is 176 Å². The van der Waals surface area contributed by atoms with E-state index in [4.69, 9.17) is 0 Å². The van der Waals surface area contributed by atoms with Gasteiger partial charge in [-0.25, -0.2) is 17.2 Å². The summed E-state index contributed by atoms with van der Waals surface area (Å²) < 4.78 is 57.3. The number of sulfonamides is 1. The maximum atomic E-state index is 14.4. The number of aryl methyl sites for hydroxylation is 2. The number of para-hydroxylation sites is 1. The van der Waals surface area contributed by atoms with Crippen molar-refractivity contribution in [3.8, 4) is 0 Å². The average molecular weight is 434 g/mol. The Morgan fingerprint density at radius 1 is 1.17 bits per heavy atom. The number of ketones is 1. The van der Waals surface area contributed by atoms with Gasteiger partial charge in [0.2, 0.25) is 0 Å². The fourth-order valence-electron chi connectivity index (χ4n) is 3.56. The van der Waals surface area contributed by atoms with Crippen LogP contribution in [-0.2, 0) is 27.7 Å². The SMILES string of the molecule is CCc1ccccc1NS(=O)(=O)c1ccc2c(c1)/C(C(C)(F)F)=C\C(=O)C(C)CC2. The highest BCUT2D eigenvalue weighted by Crippen LogP contribution is 2.38. The molecule has 1 N–H and O–H groups in total. The van der Waals surface area contributed by atoms with Gasteiger partial charge in [0, 0.05) is 18.4 Å². The first-order valence-corrected chi connectivity index (χ1v) is 11.4. The summed E-state index contributed by atoms with van der Waals surface area (Å²) in [6.07, 6.45) is 2.54. The van der Waals surface area contributed by atoms with Gasteiger partial charge in [-0.05, 0) is 60.2 Å². The van der Waals surface area contributed by atoms with Gasteiger partial charge in [-0.2, -0.15) is 0 Å². The largest absolute Gasteiger partial charge is 0.295 e. The molecule has 0 aromatic heterocycles. The summed E-state index contributed by atoms with van der Waals surface area (Å²) in [4.78, 5) is 12.2. The van der Waals surface area contributed by atoms with Crippen molar-refractivity contribution >= 4 is 27.1 Å². The van der Waals surface area contributed by atoms with Crippen molar-refractivity contribution in [1.29, 1.82) is 0 Å². The molecule has 3 rings (SSSR count). The van der Waals surface area contributed by atoms with E-state index in [1.165, 1.54) is 12.1 Å². The number of fused-ring (bicyclic) bond motifs is 1. The normalized spacial score (nSPS) is 19.3. The minimum Gasteiger partial charge on any atom is -0.295 e. The van der Waals surface area contributed by atoms with Crippen LogP contribution in [0.5, 0.6) is 0 Å². The summed E-state index contributed by atoms with van der Waals surface area (Å²) in [5, 5.41) is 0. The summed E-state index contributed by atoms with van der Waals surface area (Å²) in [6, 6.07) is 11.3. The van der Waals surface area contributed by atoms with Crippen LogP contribution in [0.4, 0.5) is 14.5 Å². The number of rotatable bonds is 5. The molecule has 160 valence electrons. The monoisotopic (exact) mass is 433 g/mol. The topological polar surface area (TPSA) is 63.2 Å². The van der Waals surface area contributed by atoms with E-state index in [0.717, 1.165) is 18.6 Å². The summed E-state index contributed by atoms with van der Waals surface area (Å²) in [5.41, 5.74) is 1.55. The number of carbonyl (C=O) groups excluding carboxylic acids is 1. The van der Waals surface area contributed by atoms with Crippen LogP contribution in [0.15, 0.2) is 53.4 Å². The molecule has 0 heterocycles. The highest BCUT2D eigenvalue weighted by Gasteiger charge is 2.33. The molecule has 1 atom stereocenters. The first kappa shape index (κ1) is 22.2. The smallest absolute Gasteiger partial charge is 0.271 e. The van der Waals surface area contributed by atoms with Crippen LogP contribution in [0.25, 0.3) is 5.57 Å². The molecule has 0 fully saturated rings. The molecule has 0 aliphatic heterocycles. The Kier molecular flexibility index (Phi) is 6.13. The quantitative estimate of drug-likeness (QED) is 0.701. The molecule has 0 saturated heterocycles. The van der Waals surface area contributed by atoms with Crippen molar-refractivity contribution in [3.63, 3.8) is 0 Å². The molecule has 1 unspecified atom stereocenters. The number of allylic oxidation sites excluding steroid dienone is 2. The Bertz CT molecular complexity index is 1100. The van der Waals surface area contributed by atoms with Gasteiger partial charge < -0.3 is 0 Å². The van der Waals surface area contributed by atoms with E-state index in [-0.39, 0.29) is 22.2 Å². The number of benzene rings is 2. The zero-order valence-electron chi connectivity index (χ0n) is 17.2. The molecule has 7 heteroatoms. The molecule has 2 aromatic carbocycles. The second-order valence-corrected chi connectivity index (χ2v) is 9.41. The lowest BCUT2D eigenvalue weighted by molar-refractivity contribution is -0.118. The number of halogens is 2. The van der Waals surface area contributed by atoms with Crippen molar-refractivity contribution in [1.82, 2.24) is 0 Å². The van der Waals surface area contributed by atoms with Crippen LogP contribution in [0.2, 0.25) is 0 Å². The van der Waals surface area contributed by atoms with Gasteiger partial charge in [0.15, 0.2) is 5.78 Å². The second-order valence-electron chi connectivity index (χ2n) is 7.72. The molecule has 30 heavy (non-hydrogen) atoms. The number of alkyl halides is 2.